The normalized spacial score (nSPS) is 10.4. The van der Waals surface area contributed by atoms with E-state index >= 15 is 0 Å². The fourth-order valence-electron chi connectivity index (χ4n) is 1.75. The van der Waals surface area contributed by atoms with Gasteiger partial charge >= 0.3 is 0 Å². The van der Waals surface area contributed by atoms with Crippen LogP contribution < -0.4 is 10.6 Å². The number of hydrogen-bond donors (Lipinski definition) is 1. The third-order valence-electron chi connectivity index (χ3n) is 2.59. The first-order valence-electron chi connectivity index (χ1n) is 5.23. The van der Waals surface area contributed by atoms with Crippen LogP contribution in [-0.4, -0.2) is 7.05 Å². The molecular formula is C13H11F3N2. The maximum atomic E-state index is 13.7. The fraction of sp³-hybridized carbons (Fsp3) is 0.0769. The predicted molar refractivity (Wildman–Crippen MR) is 65.2 cm³/mol. The van der Waals surface area contributed by atoms with E-state index in [1.165, 1.54) is 25.2 Å². The van der Waals surface area contributed by atoms with Gasteiger partial charge in [-0.3, -0.25) is 0 Å². The summed E-state index contributed by atoms with van der Waals surface area (Å²) in [6.45, 7) is 0. The van der Waals surface area contributed by atoms with Crippen LogP contribution in [0.15, 0.2) is 36.4 Å². The Labute approximate surface area is 102 Å². The van der Waals surface area contributed by atoms with E-state index in [2.05, 4.69) is 0 Å². The minimum atomic E-state index is -0.835. The smallest absolute Gasteiger partial charge is 0.151 e. The zero-order chi connectivity index (χ0) is 13.3. The minimum absolute atomic E-state index is 0.0179. The monoisotopic (exact) mass is 252 g/mol. The van der Waals surface area contributed by atoms with Gasteiger partial charge in [0.15, 0.2) is 11.6 Å². The Morgan fingerprint density at radius 1 is 0.944 bits per heavy atom. The first-order chi connectivity index (χ1) is 8.50. The van der Waals surface area contributed by atoms with Gasteiger partial charge in [-0.1, -0.05) is 12.1 Å². The molecule has 18 heavy (non-hydrogen) atoms. The Morgan fingerprint density at radius 2 is 1.50 bits per heavy atom. The van der Waals surface area contributed by atoms with Crippen LogP contribution in [0.25, 0.3) is 0 Å². The molecule has 0 fully saturated rings. The third-order valence-corrected chi connectivity index (χ3v) is 2.59. The van der Waals surface area contributed by atoms with Crippen molar-refractivity contribution < 1.29 is 13.2 Å². The Kier molecular flexibility index (Phi) is 3.14. The number of para-hydroxylation sites is 1. The summed E-state index contributed by atoms with van der Waals surface area (Å²) in [7, 11) is 1.39. The second-order valence-corrected chi connectivity index (χ2v) is 3.84. The molecule has 94 valence electrons. The molecule has 0 unspecified atom stereocenters. The third kappa shape index (κ3) is 2.11. The summed E-state index contributed by atoms with van der Waals surface area (Å²) in [6.07, 6.45) is 0. The molecule has 0 amide bonds. The highest BCUT2D eigenvalue weighted by Gasteiger charge is 2.18. The average molecular weight is 252 g/mol. The molecule has 0 saturated carbocycles. The largest absolute Gasteiger partial charge is 0.399 e. The Hall–Kier alpha value is -2.17. The van der Waals surface area contributed by atoms with Crippen molar-refractivity contribution >= 4 is 17.1 Å². The van der Waals surface area contributed by atoms with E-state index < -0.39 is 17.5 Å². The zero-order valence-corrected chi connectivity index (χ0v) is 9.62. The van der Waals surface area contributed by atoms with Gasteiger partial charge in [0.2, 0.25) is 0 Å². The number of nitrogens with zero attached hydrogens (tertiary/aromatic N) is 1. The van der Waals surface area contributed by atoms with Gasteiger partial charge in [0.05, 0.1) is 5.69 Å². The van der Waals surface area contributed by atoms with Gasteiger partial charge < -0.3 is 10.6 Å². The van der Waals surface area contributed by atoms with Crippen LogP contribution in [0.3, 0.4) is 0 Å². The van der Waals surface area contributed by atoms with Gasteiger partial charge in [0.1, 0.15) is 11.5 Å². The van der Waals surface area contributed by atoms with E-state index in [-0.39, 0.29) is 17.1 Å². The number of benzene rings is 2. The number of hydrogen-bond acceptors (Lipinski definition) is 2. The Balaban J connectivity index is 2.53. The number of rotatable bonds is 2. The zero-order valence-electron chi connectivity index (χ0n) is 9.62. The standard InChI is InChI=1S/C13H11F3N2/c1-18(12-5-3-2-4-9(12)14)13-10(15)6-8(17)7-11(13)16/h2-7H,17H2,1H3. The van der Waals surface area contributed by atoms with E-state index in [4.69, 9.17) is 5.73 Å². The summed E-state index contributed by atoms with van der Waals surface area (Å²) in [4.78, 5) is 1.11. The highest BCUT2D eigenvalue weighted by molar-refractivity contribution is 5.66. The molecule has 0 radical (unpaired) electrons. The van der Waals surface area contributed by atoms with Gasteiger partial charge in [0.25, 0.3) is 0 Å². The lowest BCUT2D eigenvalue weighted by atomic mass is 10.2. The maximum Gasteiger partial charge on any atom is 0.151 e. The van der Waals surface area contributed by atoms with Gasteiger partial charge in [-0.2, -0.15) is 0 Å². The van der Waals surface area contributed by atoms with Crippen LogP contribution in [0, 0.1) is 17.5 Å². The molecule has 0 heterocycles. The van der Waals surface area contributed by atoms with Crippen molar-refractivity contribution in [3.05, 3.63) is 53.8 Å². The highest BCUT2D eigenvalue weighted by atomic mass is 19.1. The van der Waals surface area contributed by atoms with Crippen molar-refractivity contribution in [1.29, 1.82) is 0 Å². The second-order valence-electron chi connectivity index (χ2n) is 3.84. The van der Waals surface area contributed by atoms with Crippen molar-refractivity contribution in [2.24, 2.45) is 0 Å². The van der Waals surface area contributed by atoms with E-state index in [0.29, 0.717) is 0 Å². The first kappa shape index (κ1) is 12.3. The van der Waals surface area contributed by atoms with Crippen molar-refractivity contribution in [1.82, 2.24) is 0 Å². The topological polar surface area (TPSA) is 29.3 Å². The SMILES string of the molecule is CN(c1ccccc1F)c1c(F)cc(N)cc1F. The van der Waals surface area contributed by atoms with Crippen molar-refractivity contribution in [3.63, 3.8) is 0 Å². The summed E-state index contributed by atoms with van der Waals surface area (Å²) in [5.41, 5.74) is 5.05. The van der Waals surface area contributed by atoms with E-state index in [0.717, 1.165) is 17.0 Å². The van der Waals surface area contributed by atoms with Crippen LogP contribution in [0.1, 0.15) is 0 Å². The molecule has 0 saturated heterocycles. The number of nitrogens with two attached hydrogens (primary N) is 1. The Bertz CT molecular complexity index is 561. The van der Waals surface area contributed by atoms with E-state index in [1.54, 1.807) is 6.07 Å². The fourth-order valence-corrected chi connectivity index (χ4v) is 1.75. The van der Waals surface area contributed by atoms with E-state index in [9.17, 15) is 13.2 Å². The molecule has 0 atom stereocenters. The molecule has 0 bridgehead atoms. The Morgan fingerprint density at radius 3 is 2.06 bits per heavy atom. The van der Waals surface area contributed by atoms with Gasteiger partial charge in [-0.15, -0.1) is 0 Å². The molecular weight excluding hydrogens is 241 g/mol. The number of halogens is 3. The van der Waals surface area contributed by atoms with Gasteiger partial charge in [0, 0.05) is 12.7 Å². The summed E-state index contributed by atoms with van der Waals surface area (Å²) in [5, 5.41) is 0. The molecule has 0 aliphatic rings. The molecule has 2 rings (SSSR count). The average Bonchev–Trinajstić information content (AvgIpc) is 2.27. The predicted octanol–water partition coefficient (Wildman–Crippen LogP) is 3.45. The first-order valence-corrected chi connectivity index (χ1v) is 5.23. The lowest BCUT2D eigenvalue weighted by Crippen LogP contribution is -2.15. The summed E-state index contributed by atoms with van der Waals surface area (Å²) < 4.78 is 40.9. The lowest BCUT2D eigenvalue weighted by Gasteiger charge is -2.21. The second kappa shape index (κ2) is 4.60. The van der Waals surface area contributed by atoms with Crippen molar-refractivity contribution in [2.75, 3.05) is 17.7 Å². The lowest BCUT2D eigenvalue weighted by molar-refractivity contribution is 0.582. The molecule has 2 aromatic carbocycles. The molecule has 2 nitrogen and oxygen atoms in total. The summed E-state index contributed by atoms with van der Waals surface area (Å²) in [6, 6.07) is 7.74. The van der Waals surface area contributed by atoms with E-state index in [1.807, 2.05) is 0 Å². The molecule has 2 aromatic rings. The number of nitrogen functional groups attached to an aromatic ring is 1. The van der Waals surface area contributed by atoms with Gasteiger partial charge in [-0.25, -0.2) is 13.2 Å². The molecule has 0 aromatic heterocycles. The molecule has 0 spiro atoms. The highest BCUT2D eigenvalue weighted by Crippen LogP contribution is 2.31. The van der Waals surface area contributed by atoms with Crippen LogP contribution in [-0.2, 0) is 0 Å². The summed E-state index contributed by atoms with van der Waals surface area (Å²) in [5.74, 6) is -2.23. The van der Waals surface area contributed by atoms with Crippen LogP contribution in [0.4, 0.5) is 30.2 Å². The quantitative estimate of drug-likeness (QED) is 0.829. The summed E-state index contributed by atoms with van der Waals surface area (Å²) >= 11 is 0. The van der Waals surface area contributed by atoms with Crippen LogP contribution in [0.2, 0.25) is 0 Å². The molecule has 5 heteroatoms. The number of anilines is 3. The van der Waals surface area contributed by atoms with Gasteiger partial charge in [-0.05, 0) is 24.3 Å². The molecule has 0 aliphatic carbocycles. The molecule has 0 aliphatic heterocycles. The van der Waals surface area contributed by atoms with Crippen LogP contribution in [0.5, 0.6) is 0 Å². The maximum absolute atomic E-state index is 13.7. The van der Waals surface area contributed by atoms with Crippen LogP contribution >= 0.6 is 0 Å². The minimum Gasteiger partial charge on any atom is -0.399 e. The molecule has 2 N–H and O–H groups in total. The van der Waals surface area contributed by atoms with Crippen molar-refractivity contribution in [2.45, 2.75) is 0 Å². The van der Waals surface area contributed by atoms with Crippen molar-refractivity contribution in [3.8, 4) is 0 Å².